The van der Waals surface area contributed by atoms with Gasteiger partial charge >= 0.3 is 5.97 Å². The normalized spacial score (nSPS) is 10.3. The largest absolute Gasteiger partial charge is 0.478 e. The molecule has 2 rings (SSSR count). The summed E-state index contributed by atoms with van der Waals surface area (Å²) in [4.78, 5) is 37.4. The molecule has 0 radical (unpaired) electrons. The zero-order chi connectivity index (χ0) is 21.4. The number of carbonyl (C=O) groups is 3. The van der Waals surface area contributed by atoms with E-state index in [2.05, 4.69) is 10.6 Å². The Morgan fingerprint density at radius 1 is 1.14 bits per heavy atom. The number of halogens is 1. The van der Waals surface area contributed by atoms with Crippen LogP contribution in [-0.2, 0) is 9.53 Å². The van der Waals surface area contributed by atoms with E-state index >= 15 is 0 Å². The second kappa shape index (κ2) is 10.2. The maximum Gasteiger partial charge on any atom is 0.337 e. The van der Waals surface area contributed by atoms with Crippen molar-refractivity contribution in [2.24, 2.45) is 0 Å². The lowest BCUT2D eigenvalue weighted by Crippen LogP contribution is -2.36. The summed E-state index contributed by atoms with van der Waals surface area (Å²) in [6.45, 7) is 0.753. The van der Waals surface area contributed by atoms with Crippen LogP contribution in [0.15, 0.2) is 42.5 Å². The number of nitrogens with one attached hydrogen (secondary N) is 2. The Kier molecular flexibility index (Phi) is 7.67. The summed E-state index contributed by atoms with van der Waals surface area (Å²) in [5.41, 5.74) is 0.109. The molecule has 0 aliphatic rings. The van der Waals surface area contributed by atoms with Gasteiger partial charge in [0.1, 0.15) is 5.82 Å². The van der Waals surface area contributed by atoms with Gasteiger partial charge < -0.3 is 25.4 Å². The molecule has 9 heteroatoms. The molecule has 0 aliphatic carbocycles. The minimum atomic E-state index is -1.27. The molecular weight excluding hydrogens is 381 g/mol. The Bertz CT molecular complexity index is 903. The highest BCUT2D eigenvalue weighted by Crippen LogP contribution is 2.24. The van der Waals surface area contributed by atoms with Crippen molar-refractivity contribution in [3.8, 4) is 0 Å². The fourth-order valence-electron chi connectivity index (χ4n) is 2.55. The van der Waals surface area contributed by atoms with E-state index in [-0.39, 0.29) is 29.3 Å². The van der Waals surface area contributed by atoms with E-state index < -0.39 is 17.7 Å². The quantitative estimate of drug-likeness (QED) is 0.553. The Labute approximate surface area is 167 Å². The third-order valence-electron chi connectivity index (χ3n) is 4.05. The highest BCUT2D eigenvalue weighted by Gasteiger charge is 2.18. The summed E-state index contributed by atoms with van der Waals surface area (Å²) >= 11 is 0. The molecule has 0 unspecified atom stereocenters. The van der Waals surface area contributed by atoms with Crippen LogP contribution < -0.4 is 15.5 Å². The number of amides is 2. The van der Waals surface area contributed by atoms with E-state index in [9.17, 15) is 23.9 Å². The van der Waals surface area contributed by atoms with Gasteiger partial charge in [0.15, 0.2) is 0 Å². The molecule has 29 heavy (non-hydrogen) atoms. The average molecular weight is 403 g/mol. The topological polar surface area (TPSA) is 108 Å². The zero-order valence-electron chi connectivity index (χ0n) is 16.1. The van der Waals surface area contributed by atoms with Crippen LogP contribution in [0.3, 0.4) is 0 Å². The molecule has 0 aliphatic heterocycles. The average Bonchev–Trinajstić information content (AvgIpc) is 2.68. The van der Waals surface area contributed by atoms with Crippen LogP contribution in [0.25, 0.3) is 0 Å². The highest BCUT2D eigenvalue weighted by atomic mass is 19.1. The number of hydrogen-bond acceptors (Lipinski definition) is 5. The van der Waals surface area contributed by atoms with E-state index in [1.54, 1.807) is 18.0 Å². The number of carboxylic acids is 1. The molecule has 0 saturated heterocycles. The van der Waals surface area contributed by atoms with Crippen molar-refractivity contribution in [3.05, 3.63) is 59.4 Å². The van der Waals surface area contributed by atoms with Gasteiger partial charge in [0.2, 0.25) is 5.91 Å². The van der Waals surface area contributed by atoms with Gasteiger partial charge in [-0.3, -0.25) is 9.59 Å². The number of benzene rings is 2. The lowest BCUT2D eigenvalue weighted by atomic mass is 10.1. The van der Waals surface area contributed by atoms with Crippen molar-refractivity contribution < 1.29 is 28.6 Å². The molecule has 0 spiro atoms. The minimum Gasteiger partial charge on any atom is -0.478 e. The van der Waals surface area contributed by atoms with Crippen molar-refractivity contribution in [3.63, 3.8) is 0 Å². The molecule has 0 saturated carbocycles. The summed E-state index contributed by atoms with van der Waals surface area (Å²) in [5, 5.41) is 14.6. The van der Waals surface area contributed by atoms with Crippen LogP contribution >= 0.6 is 0 Å². The van der Waals surface area contributed by atoms with Crippen LogP contribution in [0.2, 0.25) is 0 Å². The van der Waals surface area contributed by atoms with Gasteiger partial charge in [0.05, 0.1) is 30.0 Å². The summed E-state index contributed by atoms with van der Waals surface area (Å²) in [6.07, 6.45) is 0. The Hall–Kier alpha value is -3.46. The van der Waals surface area contributed by atoms with Crippen LogP contribution in [0.5, 0.6) is 0 Å². The van der Waals surface area contributed by atoms with Gasteiger partial charge in [-0.2, -0.15) is 0 Å². The molecule has 2 aromatic carbocycles. The molecule has 0 fully saturated rings. The first-order valence-corrected chi connectivity index (χ1v) is 8.73. The van der Waals surface area contributed by atoms with Crippen LogP contribution in [0.1, 0.15) is 20.7 Å². The monoisotopic (exact) mass is 403 g/mol. The number of methoxy groups -OCH3 is 1. The number of hydrogen-bond donors (Lipinski definition) is 3. The van der Waals surface area contributed by atoms with E-state index in [1.807, 2.05) is 0 Å². The lowest BCUT2D eigenvalue weighted by molar-refractivity contribution is -0.119. The number of anilines is 2. The number of carboxylic acid groups (broad SMARTS) is 1. The minimum absolute atomic E-state index is 0.00368. The maximum atomic E-state index is 13.8. The summed E-state index contributed by atoms with van der Waals surface area (Å²) in [6, 6.07) is 9.69. The van der Waals surface area contributed by atoms with E-state index in [4.69, 9.17) is 4.74 Å². The first-order chi connectivity index (χ1) is 13.8. The number of likely N-dealkylation sites (N-methyl/N-ethyl adjacent to an activating group) is 1. The second-order valence-electron chi connectivity index (χ2n) is 6.17. The highest BCUT2D eigenvalue weighted by molar-refractivity contribution is 6.08. The molecule has 2 amide bonds. The third kappa shape index (κ3) is 6.01. The smallest absolute Gasteiger partial charge is 0.337 e. The molecule has 3 N–H and O–H groups in total. The van der Waals surface area contributed by atoms with Crippen LogP contribution in [0, 0.1) is 5.82 Å². The maximum absolute atomic E-state index is 13.8. The molecule has 154 valence electrons. The number of carbonyl (C=O) groups excluding carboxylic acids is 2. The number of rotatable bonds is 9. The Morgan fingerprint density at radius 2 is 1.86 bits per heavy atom. The van der Waals surface area contributed by atoms with Crippen LogP contribution in [0.4, 0.5) is 15.8 Å². The van der Waals surface area contributed by atoms with Crippen molar-refractivity contribution in [2.75, 3.05) is 44.1 Å². The van der Waals surface area contributed by atoms with Crippen molar-refractivity contribution in [1.82, 2.24) is 5.32 Å². The summed E-state index contributed by atoms with van der Waals surface area (Å²) in [5.74, 6) is -2.99. The van der Waals surface area contributed by atoms with Crippen molar-refractivity contribution in [1.29, 1.82) is 0 Å². The van der Waals surface area contributed by atoms with E-state index in [0.29, 0.717) is 18.8 Å². The molecule has 0 aromatic heterocycles. The zero-order valence-corrected chi connectivity index (χ0v) is 16.1. The third-order valence-corrected chi connectivity index (χ3v) is 4.05. The Morgan fingerprint density at radius 3 is 2.52 bits per heavy atom. The first kappa shape index (κ1) is 21.8. The molecular formula is C20H22FN3O5. The van der Waals surface area contributed by atoms with Gasteiger partial charge in [-0.05, 0) is 30.3 Å². The standard InChI is InChI=1S/C20H22FN3O5/c1-24(12-18(25)22-9-10-29-2)13-7-8-17(15(11-13)20(27)28)23-19(26)14-5-3-4-6-16(14)21/h3-8,11H,9-10,12H2,1-2H3,(H,22,25)(H,23,26)(H,27,28). The lowest BCUT2D eigenvalue weighted by Gasteiger charge is -2.20. The number of ether oxygens (including phenoxy) is 1. The van der Waals surface area contributed by atoms with Gasteiger partial charge in [-0.25, -0.2) is 9.18 Å². The van der Waals surface area contributed by atoms with E-state index in [0.717, 1.165) is 6.07 Å². The molecule has 0 heterocycles. The summed E-state index contributed by atoms with van der Waals surface area (Å²) in [7, 11) is 3.16. The fourth-order valence-corrected chi connectivity index (χ4v) is 2.55. The van der Waals surface area contributed by atoms with Crippen molar-refractivity contribution in [2.45, 2.75) is 0 Å². The number of aromatic carboxylic acids is 1. The first-order valence-electron chi connectivity index (χ1n) is 8.73. The SMILES string of the molecule is COCCNC(=O)CN(C)c1ccc(NC(=O)c2ccccc2F)c(C(=O)O)c1. The van der Waals surface area contributed by atoms with E-state index in [1.165, 1.54) is 37.4 Å². The second-order valence-corrected chi connectivity index (χ2v) is 6.17. The van der Waals surface area contributed by atoms with Crippen LogP contribution in [-0.4, -0.2) is 56.7 Å². The molecule has 0 bridgehead atoms. The van der Waals surface area contributed by atoms with Crippen molar-refractivity contribution >= 4 is 29.2 Å². The van der Waals surface area contributed by atoms with Gasteiger partial charge in [-0.15, -0.1) is 0 Å². The molecule has 2 aromatic rings. The number of nitrogens with zero attached hydrogens (tertiary/aromatic N) is 1. The Balaban J connectivity index is 2.16. The predicted octanol–water partition coefficient (Wildman–Crippen LogP) is 1.97. The summed E-state index contributed by atoms with van der Waals surface area (Å²) < 4.78 is 18.6. The predicted molar refractivity (Wildman–Crippen MR) is 106 cm³/mol. The molecule has 8 nitrogen and oxygen atoms in total. The molecule has 0 atom stereocenters. The van der Waals surface area contributed by atoms with Gasteiger partial charge in [0.25, 0.3) is 5.91 Å². The fraction of sp³-hybridized carbons (Fsp3) is 0.250. The van der Waals surface area contributed by atoms with Gasteiger partial charge in [0, 0.05) is 26.4 Å². The van der Waals surface area contributed by atoms with Gasteiger partial charge in [-0.1, -0.05) is 12.1 Å².